The topological polar surface area (TPSA) is 40.6 Å². The first-order valence-electron chi connectivity index (χ1n) is 7.41. The number of rotatable bonds is 1. The predicted molar refractivity (Wildman–Crippen MR) is 74.6 cm³/mol. The van der Waals surface area contributed by atoms with Gasteiger partial charge in [-0.1, -0.05) is 0 Å². The molecular weight excluding hydrogens is 240 g/mol. The molecule has 108 valence electrons. The van der Waals surface area contributed by atoms with Crippen LogP contribution in [0.2, 0.25) is 0 Å². The molecule has 2 aliphatic rings. The van der Waals surface area contributed by atoms with Crippen molar-refractivity contribution in [3.05, 3.63) is 0 Å². The van der Waals surface area contributed by atoms with E-state index in [1.807, 2.05) is 30.6 Å². The third-order valence-electron chi connectivity index (χ3n) is 4.37. The van der Waals surface area contributed by atoms with E-state index in [0.717, 1.165) is 19.4 Å². The van der Waals surface area contributed by atoms with Crippen LogP contribution in [-0.2, 0) is 9.59 Å². The number of carbonyl (C=O) groups excluding carboxylic acids is 2. The zero-order valence-corrected chi connectivity index (χ0v) is 12.6. The zero-order chi connectivity index (χ0) is 14.2. The molecule has 4 nitrogen and oxygen atoms in total. The second-order valence-corrected chi connectivity index (χ2v) is 6.95. The van der Waals surface area contributed by atoms with Crippen LogP contribution < -0.4 is 0 Å². The number of nitrogens with zero attached hydrogens (tertiary/aromatic N) is 2. The van der Waals surface area contributed by atoms with Gasteiger partial charge in [-0.25, -0.2) is 0 Å². The van der Waals surface area contributed by atoms with Crippen LogP contribution in [0.5, 0.6) is 0 Å². The van der Waals surface area contributed by atoms with Gasteiger partial charge < -0.3 is 9.80 Å². The highest BCUT2D eigenvalue weighted by molar-refractivity contribution is 5.89. The fraction of sp³-hybridized carbons (Fsp3) is 0.867. The van der Waals surface area contributed by atoms with E-state index >= 15 is 0 Å². The number of piperidine rings is 1. The van der Waals surface area contributed by atoms with Gasteiger partial charge in [-0.05, 0) is 47.0 Å². The summed E-state index contributed by atoms with van der Waals surface area (Å²) in [4.78, 5) is 28.5. The van der Waals surface area contributed by atoms with Crippen molar-refractivity contribution in [3.63, 3.8) is 0 Å². The molecule has 0 spiro atoms. The number of carbonyl (C=O) groups is 2. The minimum atomic E-state index is -0.181. The maximum absolute atomic E-state index is 12.6. The molecular formula is C15H26N2O2. The van der Waals surface area contributed by atoms with Crippen molar-refractivity contribution in [1.29, 1.82) is 0 Å². The Hall–Kier alpha value is -1.06. The summed E-state index contributed by atoms with van der Waals surface area (Å²) in [5, 5.41) is 0. The van der Waals surface area contributed by atoms with E-state index < -0.39 is 0 Å². The molecule has 19 heavy (non-hydrogen) atoms. The van der Waals surface area contributed by atoms with Crippen molar-refractivity contribution in [2.45, 2.75) is 65.0 Å². The third-order valence-corrected chi connectivity index (χ3v) is 4.37. The van der Waals surface area contributed by atoms with Crippen molar-refractivity contribution in [2.75, 3.05) is 13.1 Å². The molecule has 0 N–H and O–H groups in total. The first kappa shape index (κ1) is 14.4. The van der Waals surface area contributed by atoms with E-state index in [4.69, 9.17) is 0 Å². The summed E-state index contributed by atoms with van der Waals surface area (Å²) in [6.45, 7) is 9.66. The Kier molecular flexibility index (Phi) is 3.88. The predicted octanol–water partition coefficient (Wildman–Crippen LogP) is 2.03. The molecule has 0 saturated carbocycles. The van der Waals surface area contributed by atoms with E-state index in [9.17, 15) is 9.59 Å². The van der Waals surface area contributed by atoms with Gasteiger partial charge in [0.2, 0.25) is 11.8 Å². The standard InChI is InChI=1S/C15H26N2O2/c1-11-7-5-6-8-16(11)14(19)12-9-13(18)17(10-12)15(2,3)4/h11-12H,5-10H2,1-4H3/t11-,12-/m1/s1. The average molecular weight is 266 g/mol. The molecule has 2 amide bonds. The van der Waals surface area contributed by atoms with Gasteiger partial charge in [-0.15, -0.1) is 0 Å². The van der Waals surface area contributed by atoms with Gasteiger partial charge in [0.05, 0.1) is 5.92 Å². The summed E-state index contributed by atoms with van der Waals surface area (Å²) >= 11 is 0. The second-order valence-electron chi connectivity index (χ2n) is 6.95. The summed E-state index contributed by atoms with van der Waals surface area (Å²) in [6.07, 6.45) is 3.79. The minimum absolute atomic E-state index is 0.121. The van der Waals surface area contributed by atoms with E-state index in [1.165, 1.54) is 6.42 Å². The smallest absolute Gasteiger partial charge is 0.228 e. The van der Waals surface area contributed by atoms with Crippen molar-refractivity contribution in [1.82, 2.24) is 9.80 Å². The van der Waals surface area contributed by atoms with Gasteiger partial charge in [0.1, 0.15) is 0 Å². The van der Waals surface area contributed by atoms with Crippen LogP contribution >= 0.6 is 0 Å². The Balaban J connectivity index is 2.03. The van der Waals surface area contributed by atoms with Crippen molar-refractivity contribution in [2.24, 2.45) is 5.92 Å². The van der Waals surface area contributed by atoms with Gasteiger partial charge in [-0.3, -0.25) is 9.59 Å². The molecule has 0 aromatic carbocycles. The Morgan fingerprint density at radius 2 is 1.95 bits per heavy atom. The molecule has 0 bridgehead atoms. The number of amides is 2. The molecule has 0 aromatic rings. The number of hydrogen-bond acceptors (Lipinski definition) is 2. The van der Waals surface area contributed by atoms with Crippen LogP contribution in [0.15, 0.2) is 0 Å². The molecule has 2 fully saturated rings. The summed E-state index contributed by atoms with van der Waals surface area (Å²) < 4.78 is 0. The lowest BCUT2D eigenvalue weighted by molar-refractivity contribution is -0.139. The van der Waals surface area contributed by atoms with Gasteiger partial charge in [-0.2, -0.15) is 0 Å². The molecule has 0 radical (unpaired) electrons. The highest BCUT2D eigenvalue weighted by atomic mass is 16.2. The van der Waals surface area contributed by atoms with E-state index in [2.05, 4.69) is 6.92 Å². The first-order chi connectivity index (χ1) is 8.80. The first-order valence-corrected chi connectivity index (χ1v) is 7.41. The number of likely N-dealkylation sites (tertiary alicyclic amines) is 2. The summed E-state index contributed by atoms with van der Waals surface area (Å²) in [5.74, 6) is 0.176. The van der Waals surface area contributed by atoms with Crippen LogP contribution in [-0.4, -0.2) is 46.3 Å². The van der Waals surface area contributed by atoms with Crippen LogP contribution in [0.4, 0.5) is 0 Å². The second kappa shape index (κ2) is 5.14. The maximum atomic E-state index is 12.6. The van der Waals surface area contributed by atoms with Crippen molar-refractivity contribution < 1.29 is 9.59 Å². The van der Waals surface area contributed by atoms with Crippen LogP contribution in [0.1, 0.15) is 53.4 Å². The van der Waals surface area contributed by atoms with Gasteiger partial charge in [0, 0.05) is 31.1 Å². The highest BCUT2D eigenvalue weighted by Crippen LogP contribution is 2.29. The van der Waals surface area contributed by atoms with E-state index in [-0.39, 0.29) is 23.3 Å². The Morgan fingerprint density at radius 1 is 1.26 bits per heavy atom. The summed E-state index contributed by atoms with van der Waals surface area (Å²) in [5.41, 5.74) is -0.181. The lowest BCUT2D eigenvalue weighted by Crippen LogP contribution is -2.47. The molecule has 2 rings (SSSR count). The van der Waals surface area contributed by atoms with Gasteiger partial charge in [0.25, 0.3) is 0 Å². The van der Waals surface area contributed by atoms with E-state index in [1.54, 1.807) is 0 Å². The van der Waals surface area contributed by atoms with Crippen LogP contribution in [0, 0.1) is 5.92 Å². The van der Waals surface area contributed by atoms with Crippen molar-refractivity contribution >= 4 is 11.8 Å². The van der Waals surface area contributed by atoms with Gasteiger partial charge >= 0.3 is 0 Å². The molecule has 2 atom stereocenters. The third kappa shape index (κ3) is 2.93. The molecule has 0 unspecified atom stereocenters. The monoisotopic (exact) mass is 266 g/mol. The van der Waals surface area contributed by atoms with Crippen LogP contribution in [0.25, 0.3) is 0 Å². The fourth-order valence-electron chi connectivity index (χ4n) is 3.18. The number of hydrogen-bond donors (Lipinski definition) is 0. The molecule has 0 aromatic heterocycles. The molecule has 4 heteroatoms. The molecule has 2 heterocycles. The highest BCUT2D eigenvalue weighted by Gasteiger charge is 2.41. The lowest BCUT2D eigenvalue weighted by atomic mass is 9.99. The SMILES string of the molecule is C[C@@H]1CCCCN1C(=O)[C@@H]1CC(=O)N(C(C)(C)C)C1. The van der Waals surface area contributed by atoms with Gasteiger partial charge in [0.15, 0.2) is 0 Å². The molecule has 0 aliphatic carbocycles. The van der Waals surface area contributed by atoms with Crippen molar-refractivity contribution in [3.8, 4) is 0 Å². The Morgan fingerprint density at radius 3 is 2.47 bits per heavy atom. The Bertz CT molecular complexity index is 373. The lowest BCUT2D eigenvalue weighted by Gasteiger charge is -2.36. The summed E-state index contributed by atoms with van der Waals surface area (Å²) in [7, 11) is 0. The average Bonchev–Trinajstić information content (AvgIpc) is 2.71. The molecule has 2 aliphatic heterocycles. The fourth-order valence-corrected chi connectivity index (χ4v) is 3.18. The summed E-state index contributed by atoms with van der Waals surface area (Å²) in [6, 6.07) is 0.333. The minimum Gasteiger partial charge on any atom is -0.340 e. The van der Waals surface area contributed by atoms with Crippen LogP contribution in [0.3, 0.4) is 0 Å². The zero-order valence-electron chi connectivity index (χ0n) is 12.6. The quantitative estimate of drug-likeness (QED) is 0.728. The Labute approximate surface area is 116 Å². The normalized spacial score (nSPS) is 28.9. The molecule has 2 saturated heterocycles. The maximum Gasteiger partial charge on any atom is 0.228 e. The van der Waals surface area contributed by atoms with E-state index in [0.29, 0.717) is 19.0 Å². The largest absolute Gasteiger partial charge is 0.340 e.